The number of allylic oxidation sites excluding steroid dienone is 3. The Kier molecular flexibility index (Phi) is 6.17. The Hall–Kier alpha value is -2.60. The van der Waals surface area contributed by atoms with Crippen molar-refractivity contribution in [2.45, 2.75) is 78.4 Å². The minimum atomic E-state index is -1.09. The van der Waals surface area contributed by atoms with Gasteiger partial charge < -0.3 is 9.84 Å². The van der Waals surface area contributed by atoms with Crippen molar-refractivity contribution in [3.05, 3.63) is 53.4 Å². The highest BCUT2D eigenvalue weighted by atomic mass is 19.1. The van der Waals surface area contributed by atoms with Gasteiger partial charge in [0.2, 0.25) is 0 Å². The zero-order chi connectivity index (χ0) is 24.9. The van der Waals surface area contributed by atoms with Crippen molar-refractivity contribution in [1.29, 1.82) is 0 Å². The number of hydrogen-bond donors (Lipinski definition) is 1. The third kappa shape index (κ3) is 4.65. The van der Waals surface area contributed by atoms with Gasteiger partial charge in [-0.05, 0) is 58.6 Å². The van der Waals surface area contributed by atoms with Gasteiger partial charge in [-0.15, -0.1) is 0 Å². The van der Waals surface area contributed by atoms with Crippen LogP contribution in [0.1, 0.15) is 71.8 Å². The Morgan fingerprint density at radius 1 is 1.00 bits per heavy atom. The van der Waals surface area contributed by atoms with Crippen molar-refractivity contribution in [3.8, 4) is 0 Å². The number of carbonyl (C=O) groups excluding carboxylic acids is 3. The molecular weight excluding hydrogens is 435 g/mol. The third-order valence-corrected chi connectivity index (χ3v) is 7.48. The van der Waals surface area contributed by atoms with Crippen LogP contribution in [0.5, 0.6) is 0 Å². The molecule has 1 heterocycles. The Morgan fingerprint density at radius 2 is 1.62 bits per heavy atom. The van der Waals surface area contributed by atoms with Crippen LogP contribution in [0.15, 0.2) is 42.0 Å². The lowest BCUT2D eigenvalue weighted by molar-refractivity contribution is -0.156. The van der Waals surface area contributed by atoms with Crippen molar-refractivity contribution in [3.63, 3.8) is 0 Å². The van der Waals surface area contributed by atoms with E-state index in [-0.39, 0.29) is 35.6 Å². The van der Waals surface area contributed by atoms with Crippen molar-refractivity contribution >= 4 is 23.1 Å². The van der Waals surface area contributed by atoms with Gasteiger partial charge in [-0.2, -0.15) is 0 Å². The summed E-state index contributed by atoms with van der Waals surface area (Å²) in [6.07, 6.45) is 4.04. The summed E-state index contributed by atoms with van der Waals surface area (Å²) in [5, 5.41) is 9.96. The maximum atomic E-state index is 13.7. The van der Waals surface area contributed by atoms with Crippen molar-refractivity contribution in [1.82, 2.24) is 0 Å². The Labute approximate surface area is 200 Å². The molecule has 182 valence electrons. The van der Waals surface area contributed by atoms with Gasteiger partial charge in [0.15, 0.2) is 0 Å². The summed E-state index contributed by atoms with van der Waals surface area (Å²) in [6.45, 7) is 7.93. The fraction of sp³-hybridized carbons (Fsp3) is 0.536. The smallest absolute Gasteiger partial charge is 0.309 e. The van der Waals surface area contributed by atoms with E-state index in [9.17, 15) is 23.9 Å². The summed E-state index contributed by atoms with van der Waals surface area (Å²) in [5.74, 6) is -0.840. The molecule has 3 aliphatic rings. The molecule has 4 rings (SSSR count). The van der Waals surface area contributed by atoms with E-state index in [4.69, 9.17) is 4.74 Å². The molecule has 1 spiro atoms. The van der Waals surface area contributed by atoms with Crippen molar-refractivity contribution < 1.29 is 28.6 Å². The summed E-state index contributed by atoms with van der Waals surface area (Å²) in [7, 11) is 0. The van der Waals surface area contributed by atoms with Gasteiger partial charge in [0.1, 0.15) is 23.5 Å². The number of esters is 1. The molecule has 2 fully saturated rings. The normalized spacial score (nSPS) is 28.5. The molecule has 1 N–H and O–H groups in total. The maximum absolute atomic E-state index is 13.7. The molecule has 5 nitrogen and oxygen atoms in total. The number of aliphatic hydroxyl groups is 1. The van der Waals surface area contributed by atoms with E-state index < -0.39 is 29.0 Å². The van der Waals surface area contributed by atoms with Crippen LogP contribution in [0.3, 0.4) is 0 Å². The SMILES string of the molecule is CC1(C)CC(=O)C2(CC(c3ccc(F)cc3)=C(/C=C/[C@@H]3C[C@@H](O)CC(=O)O3)C(C)(C)C2)C(=O)C1. The highest BCUT2D eigenvalue weighted by Gasteiger charge is 2.56. The number of benzene rings is 1. The Morgan fingerprint density at radius 3 is 2.21 bits per heavy atom. The fourth-order valence-corrected chi connectivity index (χ4v) is 5.90. The van der Waals surface area contributed by atoms with Gasteiger partial charge >= 0.3 is 5.97 Å². The molecule has 0 bridgehead atoms. The van der Waals surface area contributed by atoms with Gasteiger partial charge in [0, 0.05) is 19.3 Å². The zero-order valence-corrected chi connectivity index (χ0v) is 20.3. The Balaban J connectivity index is 1.80. The van der Waals surface area contributed by atoms with E-state index in [0.717, 1.165) is 16.7 Å². The Bertz CT molecular complexity index is 1060. The van der Waals surface area contributed by atoms with E-state index >= 15 is 0 Å². The quantitative estimate of drug-likeness (QED) is 0.501. The van der Waals surface area contributed by atoms with E-state index in [1.807, 2.05) is 33.8 Å². The molecule has 0 radical (unpaired) electrons. The first-order chi connectivity index (χ1) is 15.8. The van der Waals surface area contributed by atoms with Crippen LogP contribution in [0.25, 0.3) is 5.57 Å². The number of cyclic esters (lactones) is 1. The maximum Gasteiger partial charge on any atom is 0.309 e. The minimum Gasteiger partial charge on any atom is -0.458 e. The molecule has 2 atom stereocenters. The van der Waals surface area contributed by atoms with Crippen molar-refractivity contribution in [2.24, 2.45) is 16.2 Å². The number of Topliss-reactive ketones (excluding diaryl/α,β-unsaturated/α-hetero) is 2. The molecule has 1 aromatic carbocycles. The second kappa shape index (κ2) is 8.56. The fourth-order valence-electron chi connectivity index (χ4n) is 5.90. The van der Waals surface area contributed by atoms with Crippen LogP contribution in [0, 0.1) is 22.1 Å². The second-order valence-corrected chi connectivity index (χ2v) is 11.6. The molecule has 0 amide bonds. The minimum absolute atomic E-state index is 0.0115. The monoisotopic (exact) mass is 468 g/mol. The second-order valence-electron chi connectivity index (χ2n) is 11.6. The lowest BCUT2D eigenvalue weighted by Gasteiger charge is -2.49. The molecule has 0 aromatic heterocycles. The van der Waals surface area contributed by atoms with Crippen LogP contribution in [0.4, 0.5) is 4.39 Å². The lowest BCUT2D eigenvalue weighted by Crippen LogP contribution is -2.51. The largest absolute Gasteiger partial charge is 0.458 e. The number of ether oxygens (including phenoxy) is 1. The van der Waals surface area contributed by atoms with Gasteiger partial charge in [-0.25, -0.2) is 4.39 Å². The summed E-state index contributed by atoms with van der Waals surface area (Å²) >= 11 is 0. The predicted molar refractivity (Wildman–Crippen MR) is 126 cm³/mol. The topological polar surface area (TPSA) is 80.7 Å². The molecule has 2 aliphatic carbocycles. The van der Waals surface area contributed by atoms with E-state index in [1.165, 1.54) is 12.1 Å². The van der Waals surface area contributed by atoms with Crippen LogP contribution in [0.2, 0.25) is 0 Å². The van der Waals surface area contributed by atoms with Crippen LogP contribution in [-0.2, 0) is 19.1 Å². The lowest BCUT2D eigenvalue weighted by atomic mass is 9.52. The number of rotatable bonds is 3. The average molecular weight is 469 g/mol. The molecule has 1 saturated carbocycles. The first kappa shape index (κ1) is 24.5. The third-order valence-electron chi connectivity index (χ3n) is 7.48. The number of hydrogen-bond acceptors (Lipinski definition) is 5. The molecule has 0 unspecified atom stereocenters. The molecule has 6 heteroatoms. The molecular formula is C28H33FO5. The van der Waals surface area contributed by atoms with Gasteiger partial charge in [-0.3, -0.25) is 14.4 Å². The summed E-state index contributed by atoms with van der Waals surface area (Å²) in [5.41, 5.74) is 0.535. The van der Waals surface area contributed by atoms with E-state index in [1.54, 1.807) is 18.2 Å². The van der Waals surface area contributed by atoms with Crippen LogP contribution < -0.4 is 0 Å². The first-order valence-corrected chi connectivity index (χ1v) is 11.9. The van der Waals surface area contributed by atoms with Gasteiger partial charge in [0.05, 0.1) is 17.9 Å². The zero-order valence-electron chi connectivity index (χ0n) is 20.3. The van der Waals surface area contributed by atoms with Crippen LogP contribution in [-0.4, -0.2) is 34.9 Å². The number of aliphatic hydroxyl groups excluding tert-OH is 1. The number of carbonyl (C=O) groups is 3. The van der Waals surface area contributed by atoms with Crippen molar-refractivity contribution in [2.75, 3.05) is 0 Å². The number of halogens is 1. The first-order valence-electron chi connectivity index (χ1n) is 11.9. The molecule has 1 aromatic rings. The van der Waals surface area contributed by atoms with Gasteiger partial charge in [0.25, 0.3) is 0 Å². The summed E-state index contributed by atoms with van der Waals surface area (Å²) < 4.78 is 19.1. The molecule has 1 saturated heterocycles. The molecule has 34 heavy (non-hydrogen) atoms. The number of ketones is 2. The highest BCUT2D eigenvalue weighted by molar-refractivity contribution is 6.11. The highest BCUT2D eigenvalue weighted by Crippen LogP contribution is 2.57. The van der Waals surface area contributed by atoms with Crippen LogP contribution >= 0.6 is 0 Å². The van der Waals surface area contributed by atoms with Gasteiger partial charge in [-0.1, -0.05) is 45.9 Å². The van der Waals surface area contributed by atoms with E-state index in [0.29, 0.717) is 25.7 Å². The average Bonchev–Trinajstić information content (AvgIpc) is 2.70. The summed E-state index contributed by atoms with van der Waals surface area (Å²) in [4.78, 5) is 38.8. The van der Waals surface area contributed by atoms with E-state index in [2.05, 4.69) is 0 Å². The molecule has 1 aliphatic heterocycles. The predicted octanol–water partition coefficient (Wildman–Crippen LogP) is 4.97. The standard InChI is InChI=1S/C28H33FO5/c1-26(2)14-23(31)28(24(32)15-26)13-21(17-5-7-18(29)8-6-17)22(27(3,4)16-28)10-9-20-11-19(30)12-25(33)34-20/h5-10,19-20,30H,11-16H2,1-4H3/b10-9+/t19-,20-/m1/s1. The summed E-state index contributed by atoms with van der Waals surface area (Å²) in [6, 6.07) is 6.12.